The van der Waals surface area contributed by atoms with Crippen LogP contribution in [-0.2, 0) is 0 Å². The van der Waals surface area contributed by atoms with Gasteiger partial charge in [0.25, 0.3) is 0 Å². The number of hydrogen-bond donors (Lipinski definition) is 0. The van der Waals surface area contributed by atoms with Crippen molar-refractivity contribution in [1.29, 1.82) is 0 Å². The van der Waals surface area contributed by atoms with Gasteiger partial charge in [0.1, 0.15) is 6.17 Å². The van der Waals surface area contributed by atoms with Crippen LogP contribution in [0.2, 0.25) is 0 Å². The number of alkyl halides is 1. The van der Waals surface area contributed by atoms with Crippen molar-refractivity contribution >= 4 is 0 Å². The van der Waals surface area contributed by atoms with E-state index in [-0.39, 0.29) is 0 Å². The SMILES string of the molecule is CC=CC1CCC(F)CC1. The molecule has 0 aliphatic heterocycles. The van der Waals surface area contributed by atoms with E-state index in [9.17, 15) is 4.39 Å². The van der Waals surface area contributed by atoms with E-state index in [1.807, 2.05) is 6.92 Å². The van der Waals surface area contributed by atoms with Crippen molar-refractivity contribution in [3.05, 3.63) is 12.2 Å². The molecule has 0 aromatic rings. The fourth-order valence-corrected chi connectivity index (χ4v) is 1.54. The predicted octanol–water partition coefficient (Wildman–Crippen LogP) is 3.09. The molecular formula is C9H15F. The highest BCUT2D eigenvalue weighted by atomic mass is 19.1. The van der Waals surface area contributed by atoms with Crippen molar-refractivity contribution in [3.63, 3.8) is 0 Å². The van der Waals surface area contributed by atoms with Gasteiger partial charge in [-0.05, 0) is 38.5 Å². The minimum absolute atomic E-state index is 0.512. The van der Waals surface area contributed by atoms with E-state index < -0.39 is 6.17 Å². The van der Waals surface area contributed by atoms with Crippen molar-refractivity contribution in [2.75, 3.05) is 0 Å². The van der Waals surface area contributed by atoms with Gasteiger partial charge in [-0.1, -0.05) is 12.2 Å². The third kappa shape index (κ3) is 2.13. The zero-order valence-corrected chi connectivity index (χ0v) is 6.52. The summed E-state index contributed by atoms with van der Waals surface area (Å²) < 4.78 is 12.6. The van der Waals surface area contributed by atoms with Crippen LogP contribution in [0.1, 0.15) is 32.6 Å². The van der Waals surface area contributed by atoms with E-state index in [0.29, 0.717) is 5.92 Å². The molecule has 0 saturated heterocycles. The zero-order valence-electron chi connectivity index (χ0n) is 6.52. The fourth-order valence-electron chi connectivity index (χ4n) is 1.54. The van der Waals surface area contributed by atoms with Gasteiger partial charge in [0, 0.05) is 0 Å². The molecule has 0 N–H and O–H groups in total. The van der Waals surface area contributed by atoms with Crippen LogP contribution < -0.4 is 0 Å². The third-order valence-electron chi connectivity index (χ3n) is 2.17. The highest BCUT2D eigenvalue weighted by Crippen LogP contribution is 2.26. The average molecular weight is 142 g/mol. The topological polar surface area (TPSA) is 0 Å². The predicted molar refractivity (Wildman–Crippen MR) is 41.7 cm³/mol. The van der Waals surface area contributed by atoms with Gasteiger partial charge in [-0.2, -0.15) is 0 Å². The largest absolute Gasteiger partial charge is 0.247 e. The van der Waals surface area contributed by atoms with Crippen molar-refractivity contribution in [3.8, 4) is 0 Å². The van der Waals surface area contributed by atoms with E-state index in [1.54, 1.807) is 0 Å². The van der Waals surface area contributed by atoms with Crippen LogP contribution >= 0.6 is 0 Å². The molecule has 1 fully saturated rings. The molecule has 10 heavy (non-hydrogen) atoms. The first-order valence-electron chi connectivity index (χ1n) is 4.10. The van der Waals surface area contributed by atoms with Gasteiger partial charge in [0.15, 0.2) is 0 Å². The first kappa shape index (κ1) is 7.77. The highest BCUT2D eigenvalue weighted by molar-refractivity contribution is 4.88. The minimum Gasteiger partial charge on any atom is -0.247 e. The summed E-state index contributed by atoms with van der Waals surface area (Å²) in [5, 5.41) is 0. The Bertz CT molecular complexity index is 110. The molecule has 1 heteroatoms. The Morgan fingerprint density at radius 1 is 1.20 bits per heavy atom. The molecule has 0 spiro atoms. The molecule has 1 aliphatic carbocycles. The van der Waals surface area contributed by atoms with E-state index in [1.165, 1.54) is 0 Å². The first-order chi connectivity index (χ1) is 4.83. The molecule has 1 saturated carbocycles. The molecule has 0 radical (unpaired) electrons. The number of hydrogen-bond acceptors (Lipinski definition) is 0. The van der Waals surface area contributed by atoms with Gasteiger partial charge in [0.05, 0.1) is 0 Å². The molecule has 1 rings (SSSR count). The van der Waals surface area contributed by atoms with Crippen molar-refractivity contribution in [2.45, 2.75) is 38.8 Å². The minimum atomic E-state index is -0.512. The van der Waals surface area contributed by atoms with Gasteiger partial charge >= 0.3 is 0 Å². The van der Waals surface area contributed by atoms with Crippen LogP contribution in [-0.4, -0.2) is 6.17 Å². The molecule has 0 bridgehead atoms. The lowest BCUT2D eigenvalue weighted by atomic mass is 9.88. The van der Waals surface area contributed by atoms with Crippen LogP contribution in [0.3, 0.4) is 0 Å². The maximum Gasteiger partial charge on any atom is 0.100 e. The van der Waals surface area contributed by atoms with Crippen LogP contribution in [0.4, 0.5) is 4.39 Å². The van der Waals surface area contributed by atoms with E-state index in [2.05, 4.69) is 12.2 Å². The van der Waals surface area contributed by atoms with Gasteiger partial charge in [-0.25, -0.2) is 4.39 Å². The molecule has 0 heterocycles. The summed E-state index contributed by atoms with van der Waals surface area (Å²) in [5.74, 6) is 0.664. The highest BCUT2D eigenvalue weighted by Gasteiger charge is 2.17. The Morgan fingerprint density at radius 2 is 1.80 bits per heavy atom. The lowest BCUT2D eigenvalue weighted by Gasteiger charge is -2.20. The maximum atomic E-state index is 12.6. The molecule has 0 unspecified atom stereocenters. The Balaban J connectivity index is 2.26. The monoisotopic (exact) mass is 142 g/mol. The molecule has 1 aliphatic rings. The van der Waals surface area contributed by atoms with Crippen LogP contribution in [0.5, 0.6) is 0 Å². The molecule has 0 atom stereocenters. The second-order valence-electron chi connectivity index (χ2n) is 3.04. The van der Waals surface area contributed by atoms with E-state index in [0.717, 1.165) is 25.7 Å². The first-order valence-corrected chi connectivity index (χ1v) is 4.10. The van der Waals surface area contributed by atoms with E-state index >= 15 is 0 Å². The quantitative estimate of drug-likeness (QED) is 0.493. The zero-order chi connectivity index (χ0) is 7.40. The number of allylic oxidation sites excluding steroid dienone is 2. The standard InChI is InChI=1S/C9H15F/c1-2-3-8-4-6-9(10)7-5-8/h2-3,8-9H,4-7H2,1H3. The second-order valence-corrected chi connectivity index (χ2v) is 3.04. The third-order valence-corrected chi connectivity index (χ3v) is 2.17. The Kier molecular flexibility index (Phi) is 2.91. The van der Waals surface area contributed by atoms with Gasteiger partial charge in [-0.15, -0.1) is 0 Å². The van der Waals surface area contributed by atoms with Crippen molar-refractivity contribution < 1.29 is 4.39 Å². The summed E-state index contributed by atoms with van der Waals surface area (Å²) in [5.41, 5.74) is 0. The van der Waals surface area contributed by atoms with Crippen LogP contribution in [0, 0.1) is 5.92 Å². The lowest BCUT2D eigenvalue weighted by molar-refractivity contribution is 0.226. The second kappa shape index (κ2) is 3.75. The summed E-state index contributed by atoms with van der Waals surface area (Å²) in [6.07, 6.45) is 7.40. The Morgan fingerprint density at radius 3 is 2.30 bits per heavy atom. The van der Waals surface area contributed by atoms with Gasteiger partial charge in [-0.3, -0.25) is 0 Å². The smallest absolute Gasteiger partial charge is 0.100 e. The Labute approximate surface area is 62.1 Å². The Hall–Kier alpha value is -0.330. The number of halogens is 1. The molecule has 0 aromatic carbocycles. The normalized spacial score (nSPS) is 35.0. The summed E-state index contributed by atoms with van der Waals surface area (Å²) in [4.78, 5) is 0. The summed E-state index contributed by atoms with van der Waals surface area (Å²) in [6.45, 7) is 2.03. The molecule has 0 amide bonds. The van der Waals surface area contributed by atoms with Gasteiger partial charge in [0.2, 0.25) is 0 Å². The molecule has 58 valence electrons. The number of rotatable bonds is 1. The van der Waals surface area contributed by atoms with Crippen LogP contribution in [0.25, 0.3) is 0 Å². The molecule has 0 aromatic heterocycles. The lowest BCUT2D eigenvalue weighted by Crippen LogP contribution is -2.12. The maximum absolute atomic E-state index is 12.6. The van der Waals surface area contributed by atoms with Crippen molar-refractivity contribution in [1.82, 2.24) is 0 Å². The summed E-state index contributed by atoms with van der Waals surface area (Å²) in [6, 6.07) is 0. The van der Waals surface area contributed by atoms with Crippen molar-refractivity contribution in [2.24, 2.45) is 5.92 Å². The van der Waals surface area contributed by atoms with E-state index in [4.69, 9.17) is 0 Å². The molecular weight excluding hydrogens is 127 g/mol. The average Bonchev–Trinajstić information content (AvgIpc) is 1.95. The molecule has 0 nitrogen and oxygen atoms in total. The fraction of sp³-hybridized carbons (Fsp3) is 0.778. The summed E-state index contributed by atoms with van der Waals surface area (Å²) >= 11 is 0. The van der Waals surface area contributed by atoms with Gasteiger partial charge < -0.3 is 0 Å². The summed E-state index contributed by atoms with van der Waals surface area (Å²) in [7, 11) is 0. The van der Waals surface area contributed by atoms with Crippen LogP contribution in [0.15, 0.2) is 12.2 Å².